The molecule has 5 nitrogen and oxygen atoms in total. The molecule has 8 heteroatoms. The smallest absolute Gasteiger partial charge is 0.326 e. The lowest BCUT2D eigenvalue weighted by Gasteiger charge is -2.13. The summed E-state index contributed by atoms with van der Waals surface area (Å²) < 4.78 is 2.36. The van der Waals surface area contributed by atoms with Crippen molar-refractivity contribution in [2.24, 2.45) is 4.99 Å². The van der Waals surface area contributed by atoms with Gasteiger partial charge in [-0.2, -0.15) is 4.99 Å². The Labute approximate surface area is 163 Å². The van der Waals surface area contributed by atoms with Crippen LogP contribution in [0.15, 0.2) is 47.5 Å². The van der Waals surface area contributed by atoms with Crippen LogP contribution in [0.5, 0.6) is 0 Å². The molecule has 0 radical (unpaired) electrons. The summed E-state index contributed by atoms with van der Waals surface area (Å²) in [5.41, 5.74) is 1.01. The lowest BCUT2D eigenvalue weighted by atomic mass is 10.2. The summed E-state index contributed by atoms with van der Waals surface area (Å²) in [4.78, 5) is 28.7. The zero-order valence-electron chi connectivity index (χ0n) is 13.6. The van der Waals surface area contributed by atoms with Crippen LogP contribution in [0.4, 0.5) is 0 Å². The molecule has 1 heterocycles. The Bertz CT molecular complexity index is 1050. The van der Waals surface area contributed by atoms with E-state index in [1.165, 1.54) is 11.3 Å². The van der Waals surface area contributed by atoms with E-state index in [2.05, 4.69) is 4.99 Å². The molecule has 1 atom stereocenters. The summed E-state index contributed by atoms with van der Waals surface area (Å²) in [7, 11) is 0. The molecule has 1 amide bonds. The van der Waals surface area contributed by atoms with Gasteiger partial charge < -0.3 is 9.67 Å². The van der Waals surface area contributed by atoms with Crippen LogP contribution in [0, 0.1) is 0 Å². The van der Waals surface area contributed by atoms with E-state index in [0.29, 0.717) is 32.3 Å². The van der Waals surface area contributed by atoms with Gasteiger partial charge in [0.25, 0.3) is 5.91 Å². The highest BCUT2D eigenvalue weighted by atomic mass is 35.5. The topological polar surface area (TPSA) is 71.7 Å². The highest BCUT2D eigenvalue weighted by molar-refractivity contribution is 7.16. The number of rotatable bonds is 4. The molecular weight excluding hydrogens is 395 g/mol. The van der Waals surface area contributed by atoms with Gasteiger partial charge in [0.1, 0.15) is 6.04 Å². The number of hydrogen-bond acceptors (Lipinski definition) is 3. The molecule has 0 saturated carbocycles. The number of halogens is 2. The molecule has 0 aliphatic carbocycles. The van der Waals surface area contributed by atoms with Crippen LogP contribution in [0.2, 0.25) is 10.0 Å². The Kier molecular flexibility index (Phi) is 5.46. The molecule has 3 rings (SSSR count). The number of amides is 1. The third kappa shape index (κ3) is 3.67. The van der Waals surface area contributed by atoms with Crippen molar-refractivity contribution in [1.82, 2.24) is 4.57 Å². The molecule has 0 aliphatic heterocycles. The number of carbonyl (C=O) groups is 2. The van der Waals surface area contributed by atoms with Crippen molar-refractivity contribution in [1.29, 1.82) is 0 Å². The Hall–Kier alpha value is -2.15. The van der Waals surface area contributed by atoms with Gasteiger partial charge in [-0.1, -0.05) is 41.5 Å². The fourth-order valence-electron chi connectivity index (χ4n) is 2.61. The van der Waals surface area contributed by atoms with Gasteiger partial charge in [0.15, 0.2) is 4.80 Å². The number of fused-ring (bicyclic) bond motifs is 1. The zero-order chi connectivity index (χ0) is 18.8. The van der Waals surface area contributed by atoms with Gasteiger partial charge >= 0.3 is 5.97 Å². The second-order valence-corrected chi connectivity index (χ2v) is 7.43. The van der Waals surface area contributed by atoms with Crippen molar-refractivity contribution in [3.05, 3.63) is 62.9 Å². The van der Waals surface area contributed by atoms with E-state index in [1.54, 1.807) is 54.0 Å². The van der Waals surface area contributed by atoms with E-state index >= 15 is 0 Å². The lowest BCUT2D eigenvalue weighted by molar-refractivity contribution is -0.140. The molecule has 0 saturated heterocycles. The summed E-state index contributed by atoms with van der Waals surface area (Å²) in [5, 5.41) is 10.6. The number of carboxylic acids is 1. The van der Waals surface area contributed by atoms with Gasteiger partial charge in [0.2, 0.25) is 0 Å². The summed E-state index contributed by atoms with van der Waals surface area (Å²) in [6.45, 7) is 1.77. The summed E-state index contributed by atoms with van der Waals surface area (Å²) in [6, 6.07) is 10.7. The van der Waals surface area contributed by atoms with Crippen LogP contribution >= 0.6 is 34.5 Å². The van der Waals surface area contributed by atoms with Crippen molar-refractivity contribution in [2.75, 3.05) is 0 Å². The average Bonchev–Trinajstić information content (AvgIpc) is 2.93. The minimum Gasteiger partial charge on any atom is -0.480 e. The third-order valence-corrected chi connectivity index (χ3v) is 5.38. The predicted molar refractivity (Wildman–Crippen MR) is 103 cm³/mol. The van der Waals surface area contributed by atoms with Crippen molar-refractivity contribution in [3.63, 3.8) is 0 Å². The summed E-state index contributed by atoms with van der Waals surface area (Å²) >= 11 is 13.2. The van der Waals surface area contributed by atoms with Gasteiger partial charge in [-0.15, -0.1) is 0 Å². The first-order valence-corrected chi connectivity index (χ1v) is 9.36. The number of carboxylic acid groups (broad SMARTS) is 1. The molecule has 3 aromatic rings. The van der Waals surface area contributed by atoms with E-state index in [9.17, 15) is 14.7 Å². The van der Waals surface area contributed by atoms with E-state index in [1.807, 2.05) is 0 Å². The summed E-state index contributed by atoms with van der Waals surface area (Å²) in [6.07, 6.45) is 0.343. The highest BCUT2D eigenvalue weighted by Gasteiger charge is 2.22. The Balaban J connectivity index is 2.22. The number of benzene rings is 2. The van der Waals surface area contributed by atoms with Gasteiger partial charge in [-0.3, -0.25) is 4.79 Å². The molecule has 1 aromatic heterocycles. The Morgan fingerprint density at radius 3 is 2.42 bits per heavy atom. The number of thiazole rings is 1. The van der Waals surface area contributed by atoms with Crippen molar-refractivity contribution in [3.8, 4) is 0 Å². The van der Waals surface area contributed by atoms with Crippen LogP contribution < -0.4 is 4.80 Å². The SMILES string of the molecule is CCC(C(=O)O)n1c(=NC(=O)c2ccc(Cl)cc2)sc2ccc(Cl)cc21. The predicted octanol–water partition coefficient (Wildman–Crippen LogP) is 4.79. The van der Waals surface area contributed by atoms with Crippen LogP contribution in [0.3, 0.4) is 0 Å². The van der Waals surface area contributed by atoms with Gasteiger partial charge in [0.05, 0.1) is 10.2 Å². The minimum absolute atomic E-state index is 0.316. The molecule has 1 unspecified atom stereocenters. The second-order valence-electron chi connectivity index (χ2n) is 5.55. The molecule has 0 spiro atoms. The van der Waals surface area contributed by atoms with Gasteiger partial charge in [-0.25, -0.2) is 4.79 Å². The molecule has 0 aliphatic rings. The maximum atomic E-state index is 12.5. The number of nitrogens with zero attached hydrogens (tertiary/aromatic N) is 2. The van der Waals surface area contributed by atoms with Crippen molar-refractivity contribution >= 4 is 56.6 Å². The molecule has 2 aromatic carbocycles. The number of hydrogen-bond donors (Lipinski definition) is 1. The molecule has 0 bridgehead atoms. The fourth-order valence-corrected chi connectivity index (χ4v) is 3.94. The molecular formula is C18H14Cl2N2O3S. The molecule has 1 N–H and O–H groups in total. The summed E-state index contributed by atoms with van der Waals surface area (Å²) in [5.74, 6) is -1.46. The molecule has 0 fully saturated rings. The van der Waals surface area contributed by atoms with E-state index in [4.69, 9.17) is 23.2 Å². The zero-order valence-corrected chi connectivity index (χ0v) is 16.0. The fraction of sp³-hybridized carbons (Fsp3) is 0.167. The standard InChI is InChI=1S/C18H14Cl2N2O3S/c1-2-13(17(24)25)22-14-9-12(20)7-8-15(14)26-18(22)21-16(23)10-3-5-11(19)6-4-10/h3-9,13H,2H2,1H3,(H,24,25). The normalized spacial score (nSPS) is 13.1. The first kappa shape index (κ1) is 18.6. The third-order valence-electron chi connectivity index (χ3n) is 3.86. The average molecular weight is 409 g/mol. The number of aromatic nitrogens is 1. The molecule has 26 heavy (non-hydrogen) atoms. The minimum atomic E-state index is -0.993. The molecule has 134 valence electrons. The Morgan fingerprint density at radius 1 is 1.15 bits per heavy atom. The van der Waals surface area contributed by atoms with Crippen molar-refractivity contribution < 1.29 is 14.7 Å². The van der Waals surface area contributed by atoms with Crippen LogP contribution in [0.25, 0.3) is 10.2 Å². The quantitative estimate of drug-likeness (QED) is 0.674. The van der Waals surface area contributed by atoms with Crippen LogP contribution in [0.1, 0.15) is 29.7 Å². The maximum Gasteiger partial charge on any atom is 0.326 e. The van der Waals surface area contributed by atoms with E-state index in [-0.39, 0.29) is 0 Å². The first-order valence-electron chi connectivity index (χ1n) is 7.78. The van der Waals surface area contributed by atoms with Crippen LogP contribution in [-0.2, 0) is 4.79 Å². The number of aliphatic carboxylic acids is 1. The second kappa shape index (κ2) is 7.61. The highest BCUT2D eigenvalue weighted by Crippen LogP contribution is 2.26. The monoisotopic (exact) mass is 408 g/mol. The van der Waals surface area contributed by atoms with Crippen molar-refractivity contribution in [2.45, 2.75) is 19.4 Å². The van der Waals surface area contributed by atoms with E-state index in [0.717, 1.165) is 4.70 Å². The first-order chi connectivity index (χ1) is 12.4. The van der Waals surface area contributed by atoms with Gasteiger partial charge in [-0.05, 0) is 48.9 Å². The van der Waals surface area contributed by atoms with Crippen LogP contribution in [-0.4, -0.2) is 21.6 Å². The number of carbonyl (C=O) groups excluding carboxylic acids is 1. The largest absolute Gasteiger partial charge is 0.480 e. The lowest BCUT2D eigenvalue weighted by Crippen LogP contribution is -2.27. The Morgan fingerprint density at radius 2 is 1.81 bits per heavy atom. The maximum absolute atomic E-state index is 12.5. The van der Waals surface area contributed by atoms with E-state index < -0.39 is 17.9 Å². The van der Waals surface area contributed by atoms with Gasteiger partial charge in [0, 0.05) is 15.6 Å².